The van der Waals surface area contributed by atoms with Crippen molar-refractivity contribution in [3.8, 4) is 11.5 Å². The van der Waals surface area contributed by atoms with Crippen LogP contribution in [0.5, 0.6) is 11.5 Å². The molecule has 1 atom stereocenters. The zero-order chi connectivity index (χ0) is 10.1. The maximum Gasteiger partial charge on any atom is 0.293 e. The molecule has 1 aromatic carbocycles. The Balaban J connectivity index is 2.37. The first-order chi connectivity index (χ1) is 6.70. The lowest BCUT2D eigenvalue weighted by atomic mass is 10.2. The van der Waals surface area contributed by atoms with E-state index in [2.05, 4.69) is 5.32 Å². The van der Waals surface area contributed by atoms with E-state index in [4.69, 9.17) is 14.6 Å². The van der Waals surface area contributed by atoms with Crippen LogP contribution < -0.4 is 14.8 Å². The number of aliphatic hydroxyl groups is 1. The number of hydrogen-bond donors (Lipinski definition) is 2. The van der Waals surface area contributed by atoms with Crippen molar-refractivity contribution >= 4 is 11.6 Å². The smallest absolute Gasteiger partial charge is 0.293 e. The van der Waals surface area contributed by atoms with E-state index in [1.807, 2.05) is 0 Å². The summed E-state index contributed by atoms with van der Waals surface area (Å²) < 4.78 is 9.92. The molecule has 1 unspecified atom stereocenters. The van der Waals surface area contributed by atoms with Crippen LogP contribution in [0.3, 0.4) is 0 Å². The molecule has 1 aromatic rings. The number of carbonyl (C=O) groups excluding carboxylic acids is 1. The molecule has 0 saturated heterocycles. The predicted molar refractivity (Wildman–Crippen MR) is 48.3 cm³/mol. The van der Waals surface area contributed by atoms with E-state index in [0.717, 1.165) is 0 Å². The molecular weight excluding hydrogens is 186 g/mol. The van der Waals surface area contributed by atoms with Gasteiger partial charge >= 0.3 is 0 Å². The number of amides is 1. The van der Waals surface area contributed by atoms with Gasteiger partial charge in [-0.3, -0.25) is 4.79 Å². The molecule has 1 amide bonds. The highest BCUT2D eigenvalue weighted by atomic mass is 16.6. The molecule has 2 N–H and O–H groups in total. The number of anilines is 1. The van der Waals surface area contributed by atoms with Gasteiger partial charge in [-0.05, 0) is 12.1 Å². The van der Waals surface area contributed by atoms with Gasteiger partial charge in [-0.2, -0.15) is 0 Å². The van der Waals surface area contributed by atoms with Crippen LogP contribution in [0.1, 0.15) is 0 Å². The van der Waals surface area contributed by atoms with Crippen LogP contribution in [0, 0.1) is 0 Å². The molecule has 0 fully saturated rings. The Hall–Kier alpha value is -1.75. The molecule has 1 aliphatic rings. The zero-order valence-corrected chi connectivity index (χ0v) is 7.48. The second-order valence-electron chi connectivity index (χ2n) is 2.82. The molecule has 5 heteroatoms. The van der Waals surface area contributed by atoms with E-state index in [1.54, 1.807) is 18.2 Å². The minimum atomic E-state index is -1.45. The van der Waals surface area contributed by atoms with E-state index < -0.39 is 12.2 Å². The molecule has 1 aliphatic heterocycles. The van der Waals surface area contributed by atoms with Gasteiger partial charge in [0.05, 0.1) is 12.8 Å². The van der Waals surface area contributed by atoms with Gasteiger partial charge in [-0.15, -0.1) is 0 Å². The fraction of sp³-hybridized carbons (Fsp3) is 0.222. The molecule has 0 radical (unpaired) electrons. The Bertz CT molecular complexity index is 377. The fourth-order valence-electron chi connectivity index (χ4n) is 1.20. The molecule has 2 rings (SSSR count). The quantitative estimate of drug-likeness (QED) is 0.678. The van der Waals surface area contributed by atoms with Gasteiger partial charge in [0.15, 0.2) is 5.75 Å². The molecule has 14 heavy (non-hydrogen) atoms. The number of carbonyl (C=O) groups is 1. The maximum atomic E-state index is 11.0. The Kier molecular flexibility index (Phi) is 2.01. The van der Waals surface area contributed by atoms with Gasteiger partial charge < -0.3 is 19.9 Å². The molecule has 0 aromatic heterocycles. The monoisotopic (exact) mass is 195 g/mol. The lowest BCUT2D eigenvalue weighted by Crippen LogP contribution is -2.36. The van der Waals surface area contributed by atoms with Gasteiger partial charge in [0, 0.05) is 6.07 Å². The summed E-state index contributed by atoms with van der Waals surface area (Å²) in [6, 6.07) is 4.94. The van der Waals surface area contributed by atoms with Crippen LogP contribution in [-0.2, 0) is 4.79 Å². The second kappa shape index (κ2) is 3.19. The summed E-state index contributed by atoms with van der Waals surface area (Å²) in [5.41, 5.74) is 0.529. The zero-order valence-electron chi connectivity index (χ0n) is 7.48. The predicted octanol–water partition coefficient (Wildman–Crippen LogP) is 0.344. The van der Waals surface area contributed by atoms with Crippen molar-refractivity contribution < 1.29 is 19.4 Å². The van der Waals surface area contributed by atoms with Crippen LogP contribution in [-0.4, -0.2) is 24.4 Å². The van der Waals surface area contributed by atoms with E-state index >= 15 is 0 Å². The van der Waals surface area contributed by atoms with Crippen LogP contribution in [0.2, 0.25) is 0 Å². The molecule has 0 spiro atoms. The Labute approximate surface area is 80.3 Å². The van der Waals surface area contributed by atoms with Gasteiger partial charge in [-0.25, -0.2) is 0 Å². The van der Waals surface area contributed by atoms with Crippen molar-refractivity contribution in [3.05, 3.63) is 18.2 Å². The number of nitrogens with one attached hydrogen (secondary N) is 1. The summed E-state index contributed by atoms with van der Waals surface area (Å²) >= 11 is 0. The standard InChI is InChI=1S/C9H9NO4/c1-13-5-2-3-6-7(4-5)14-9(12)8(11)10-6/h2-4,9,12H,1H3,(H,10,11). The van der Waals surface area contributed by atoms with Crippen molar-refractivity contribution in [2.45, 2.75) is 6.29 Å². The summed E-state index contributed by atoms with van der Waals surface area (Å²) in [5.74, 6) is 0.436. The third kappa shape index (κ3) is 1.38. The Morgan fingerprint density at radius 2 is 2.36 bits per heavy atom. The third-order valence-corrected chi connectivity index (χ3v) is 1.91. The molecule has 74 valence electrons. The highest BCUT2D eigenvalue weighted by molar-refractivity contribution is 5.96. The lowest BCUT2D eigenvalue weighted by molar-refractivity contribution is -0.139. The Morgan fingerprint density at radius 3 is 3.07 bits per heavy atom. The highest BCUT2D eigenvalue weighted by Gasteiger charge is 2.25. The van der Waals surface area contributed by atoms with Crippen molar-refractivity contribution in [1.29, 1.82) is 0 Å². The first-order valence-corrected chi connectivity index (χ1v) is 4.04. The van der Waals surface area contributed by atoms with Crippen LogP contribution in [0.4, 0.5) is 5.69 Å². The van der Waals surface area contributed by atoms with Crippen molar-refractivity contribution in [3.63, 3.8) is 0 Å². The first-order valence-electron chi connectivity index (χ1n) is 4.04. The normalized spacial score (nSPS) is 19.3. The number of fused-ring (bicyclic) bond motifs is 1. The van der Waals surface area contributed by atoms with Crippen LogP contribution in [0.25, 0.3) is 0 Å². The topological polar surface area (TPSA) is 67.8 Å². The minimum absolute atomic E-state index is 0.399. The number of benzene rings is 1. The first kappa shape index (κ1) is 8.83. The van der Waals surface area contributed by atoms with Crippen LogP contribution in [0.15, 0.2) is 18.2 Å². The van der Waals surface area contributed by atoms with Gasteiger partial charge in [0.1, 0.15) is 5.75 Å². The van der Waals surface area contributed by atoms with Gasteiger partial charge in [-0.1, -0.05) is 0 Å². The summed E-state index contributed by atoms with van der Waals surface area (Å²) in [7, 11) is 1.53. The molecule has 5 nitrogen and oxygen atoms in total. The van der Waals surface area contributed by atoms with E-state index in [0.29, 0.717) is 17.2 Å². The summed E-state index contributed by atoms with van der Waals surface area (Å²) in [6.07, 6.45) is -1.45. The maximum absolute atomic E-state index is 11.0. The lowest BCUT2D eigenvalue weighted by Gasteiger charge is -2.22. The van der Waals surface area contributed by atoms with Gasteiger partial charge in [0.25, 0.3) is 12.2 Å². The molecule has 1 heterocycles. The average Bonchev–Trinajstić information content (AvgIpc) is 2.19. The number of methoxy groups -OCH3 is 1. The van der Waals surface area contributed by atoms with E-state index in [-0.39, 0.29) is 0 Å². The number of rotatable bonds is 1. The minimum Gasteiger partial charge on any atom is -0.497 e. The van der Waals surface area contributed by atoms with E-state index in [1.165, 1.54) is 7.11 Å². The van der Waals surface area contributed by atoms with Crippen molar-refractivity contribution in [2.75, 3.05) is 12.4 Å². The number of hydrogen-bond acceptors (Lipinski definition) is 4. The Morgan fingerprint density at radius 1 is 1.57 bits per heavy atom. The third-order valence-electron chi connectivity index (χ3n) is 1.91. The average molecular weight is 195 g/mol. The van der Waals surface area contributed by atoms with Gasteiger partial charge in [0.2, 0.25) is 0 Å². The number of aliphatic hydroxyl groups excluding tert-OH is 1. The molecule has 0 aliphatic carbocycles. The van der Waals surface area contributed by atoms with Crippen molar-refractivity contribution in [2.24, 2.45) is 0 Å². The van der Waals surface area contributed by atoms with Crippen molar-refractivity contribution in [1.82, 2.24) is 0 Å². The fourth-order valence-corrected chi connectivity index (χ4v) is 1.20. The van der Waals surface area contributed by atoms with E-state index in [9.17, 15) is 4.79 Å². The summed E-state index contributed by atoms with van der Waals surface area (Å²) in [4.78, 5) is 11.0. The summed E-state index contributed by atoms with van der Waals surface area (Å²) in [6.45, 7) is 0. The SMILES string of the molecule is COc1ccc2c(c1)OC(O)C(=O)N2. The molecule has 0 saturated carbocycles. The summed E-state index contributed by atoms with van der Waals surface area (Å²) in [5, 5.41) is 11.6. The van der Waals surface area contributed by atoms with Crippen LogP contribution >= 0.6 is 0 Å². The second-order valence-corrected chi connectivity index (χ2v) is 2.82. The number of ether oxygens (including phenoxy) is 2. The highest BCUT2D eigenvalue weighted by Crippen LogP contribution is 2.32. The molecule has 0 bridgehead atoms. The largest absolute Gasteiger partial charge is 0.497 e. The molecular formula is C9H9NO4.